The number of carbonyl (C=O) groups is 2. The molecule has 2 rings (SSSR count). The molecule has 148 valence electrons. The Bertz CT molecular complexity index is 654. The van der Waals surface area contributed by atoms with E-state index in [1.807, 2.05) is 4.90 Å². The summed E-state index contributed by atoms with van der Waals surface area (Å²) in [6, 6.07) is 4.61. The van der Waals surface area contributed by atoms with Gasteiger partial charge in [0.05, 0.1) is 12.1 Å². The minimum atomic E-state index is -4.33. The van der Waals surface area contributed by atoms with Gasteiger partial charge in [0.1, 0.15) is 0 Å². The molecule has 1 aromatic carbocycles. The first-order chi connectivity index (χ1) is 12.8. The molecule has 0 saturated carbocycles. The molecular weight excluding hydrogens is 361 g/mol. The summed E-state index contributed by atoms with van der Waals surface area (Å²) in [6.45, 7) is 7.09. The number of benzene rings is 1. The standard InChI is InChI=1S/C18H23F3N4O2/c1-2-7-22-17(27)23-16(26)13-25-10-8-24(9-11-25)12-14-3-5-15(6-4-14)18(19,20)21/h2-6H,1,7-13H2,(H2,22,23,26,27). The van der Waals surface area contributed by atoms with Crippen LogP contribution in [0.4, 0.5) is 18.0 Å². The van der Waals surface area contributed by atoms with Crippen LogP contribution in [0.1, 0.15) is 11.1 Å². The Hall–Kier alpha value is -2.39. The third kappa shape index (κ3) is 7.03. The Labute approximate surface area is 156 Å². The van der Waals surface area contributed by atoms with Gasteiger partial charge in [-0.3, -0.25) is 19.9 Å². The van der Waals surface area contributed by atoms with Gasteiger partial charge in [0, 0.05) is 39.3 Å². The van der Waals surface area contributed by atoms with Crippen LogP contribution in [0.2, 0.25) is 0 Å². The summed E-state index contributed by atoms with van der Waals surface area (Å²) in [7, 11) is 0. The van der Waals surface area contributed by atoms with E-state index < -0.39 is 17.8 Å². The van der Waals surface area contributed by atoms with Gasteiger partial charge in [0.2, 0.25) is 5.91 Å². The Morgan fingerprint density at radius 1 is 1.07 bits per heavy atom. The zero-order valence-corrected chi connectivity index (χ0v) is 14.9. The second-order valence-electron chi connectivity index (χ2n) is 6.29. The normalized spacial score (nSPS) is 16.0. The average molecular weight is 384 g/mol. The van der Waals surface area contributed by atoms with Crippen molar-refractivity contribution in [2.45, 2.75) is 12.7 Å². The molecule has 0 aliphatic carbocycles. The minimum absolute atomic E-state index is 0.121. The highest BCUT2D eigenvalue weighted by atomic mass is 19.4. The summed E-state index contributed by atoms with van der Waals surface area (Å²) in [5.74, 6) is -0.382. The highest BCUT2D eigenvalue weighted by Crippen LogP contribution is 2.29. The molecule has 9 heteroatoms. The lowest BCUT2D eigenvalue weighted by Gasteiger charge is -2.34. The van der Waals surface area contributed by atoms with Crippen molar-refractivity contribution < 1.29 is 22.8 Å². The fourth-order valence-corrected chi connectivity index (χ4v) is 2.74. The SMILES string of the molecule is C=CCNC(=O)NC(=O)CN1CCN(Cc2ccc(C(F)(F)F)cc2)CC1. The molecule has 1 saturated heterocycles. The third-order valence-corrected chi connectivity index (χ3v) is 4.18. The monoisotopic (exact) mass is 384 g/mol. The van der Waals surface area contributed by atoms with Crippen LogP contribution in [0.5, 0.6) is 0 Å². The fourth-order valence-electron chi connectivity index (χ4n) is 2.74. The van der Waals surface area contributed by atoms with Crippen LogP contribution in [0.25, 0.3) is 0 Å². The smallest absolute Gasteiger partial charge is 0.334 e. The van der Waals surface area contributed by atoms with E-state index in [0.717, 1.165) is 17.7 Å². The van der Waals surface area contributed by atoms with Gasteiger partial charge in [-0.05, 0) is 17.7 Å². The Kier molecular flexibility index (Phi) is 7.37. The molecule has 0 unspecified atom stereocenters. The predicted molar refractivity (Wildman–Crippen MR) is 94.9 cm³/mol. The molecule has 1 fully saturated rings. The molecule has 0 radical (unpaired) electrons. The molecule has 1 heterocycles. The lowest BCUT2D eigenvalue weighted by Crippen LogP contribution is -2.50. The molecule has 0 spiro atoms. The Morgan fingerprint density at radius 3 is 2.22 bits per heavy atom. The molecule has 1 aliphatic rings. The first-order valence-electron chi connectivity index (χ1n) is 8.57. The summed E-state index contributed by atoms with van der Waals surface area (Å²) in [5, 5.41) is 4.71. The zero-order chi connectivity index (χ0) is 19.9. The number of hydrogen-bond donors (Lipinski definition) is 2. The van der Waals surface area contributed by atoms with E-state index in [1.165, 1.54) is 18.2 Å². The maximum atomic E-state index is 12.6. The first kappa shape index (κ1) is 20.9. The number of carbonyl (C=O) groups excluding carboxylic acids is 2. The number of halogens is 3. The quantitative estimate of drug-likeness (QED) is 0.735. The maximum absolute atomic E-state index is 12.6. The van der Waals surface area contributed by atoms with Gasteiger partial charge in [0.15, 0.2) is 0 Å². The average Bonchev–Trinajstić information content (AvgIpc) is 2.61. The molecular formula is C18H23F3N4O2. The number of rotatable bonds is 6. The number of nitrogens with one attached hydrogen (secondary N) is 2. The van der Waals surface area contributed by atoms with Crippen LogP contribution in [0, 0.1) is 0 Å². The Balaban J connectivity index is 1.73. The lowest BCUT2D eigenvalue weighted by molar-refractivity contribution is -0.137. The summed E-state index contributed by atoms with van der Waals surface area (Å²) in [4.78, 5) is 27.3. The van der Waals surface area contributed by atoms with E-state index in [2.05, 4.69) is 22.1 Å². The molecule has 2 N–H and O–H groups in total. The summed E-state index contributed by atoms with van der Waals surface area (Å²) in [6.07, 6.45) is -2.81. The summed E-state index contributed by atoms with van der Waals surface area (Å²) in [5.41, 5.74) is 0.160. The van der Waals surface area contributed by atoms with Crippen molar-refractivity contribution in [3.8, 4) is 0 Å². The van der Waals surface area contributed by atoms with Crippen LogP contribution >= 0.6 is 0 Å². The van der Waals surface area contributed by atoms with E-state index in [9.17, 15) is 22.8 Å². The van der Waals surface area contributed by atoms with E-state index >= 15 is 0 Å². The van der Waals surface area contributed by atoms with Crippen LogP contribution < -0.4 is 10.6 Å². The molecule has 0 aromatic heterocycles. The lowest BCUT2D eigenvalue weighted by atomic mass is 10.1. The van der Waals surface area contributed by atoms with Gasteiger partial charge in [-0.2, -0.15) is 13.2 Å². The maximum Gasteiger partial charge on any atom is 0.416 e. The van der Waals surface area contributed by atoms with Gasteiger partial charge in [-0.15, -0.1) is 6.58 Å². The number of hydrogen-bond acceptors (Lipinski definition) is 4. The number of imide groups is 1. The van der Waals surface area contributed by atoms with Crippen LogP contribution in [0.3, 0.4) is 0 Å². The molecule has 3 amide bonds. The van der Waals surface area contributed by atoms with Crippen LogP contribution in [0.15, 0.2) is 36.9 Å². The number of piperazine rings is 1. The number of nitrogens with zero attached hydrogens (tertiary/aromatic N) is 2. The minimum Gasteiger partial charge on any atom is -0.334 e. The van der Waals surface area contributed by atoms with Crippen molar-refractivity contribution in [2.24, 2.45) is 0 Å². The van der Waals surface area contributed by atoms with Crippen molar-refractivity contribution >= 4 is 11.9 Å². The molecule has 0 bridgehead atoms. The molecule has 0 atom stereocenters. The number of amides is 3. The van der Waals surface area contributed by atoms with Crippen LogP contribution in [-0.4, -0.2) is 61.0 Å². The second kappa shape index (κ2) is 9.52. The highest BCUT2D eigenvalue weighted by Gasteiger charge is 2.30. The molecule has 1 aromatic rings. The third-order valence-electron chi connectivity index (χ3n) is 4.18. The van der Waals surface area contributed by atoms with Gasteiger partial charge in [-0.1, -0.05) is 18.2 Å². The van der Waals surface area contributed by atoms with Crippen molar-refractivity contribution in [3.05, 3.63) is 48.0 Å². The highest BCUT2D eigenvalue weighted by molar-refractivity contribution is 5.95. The van der Waals surface area contributed by atoms with Crippen LogP contribution in [-0.2, 0) is 17.5 Å². The molecule has 27 heavy (non-hydrogen) atoms. The van der Waals surface area contributed by atoms with Gasteiger partial charge in [0.25, 0.3) is 0 Å². The predicted octanol–water partition coefficient (Wildman–Crippen LogP) is 1.83. The number of urea groups is 1. The van der Waals surface area contributed by atoms with E-state index in [4.69, 9.17) is 0 Å². The summed E-state index contributed by atoms with van der Waals surface area (Å²) < 4.78 is 37.8. The molecule has 6 nitrogen and oxygen atoms in total. The molecule has 1 aliphatic heterocycles. The largest absolute Gasteiger partial charge is 0.416 e. The summed E-state index contributed by atoms with van der Waals surface area (Å²) >= 11 is 0. The topological polar surface area (TPSA) is 64.7 Å². The van der Waals surface area contributed by atoms with Crippen molar-refractivity contribution in [1.29, 1.82) is 0 Å². The van der Waals surface area contributed by atoms with E-state index in [1.54, 1.807) is 0 Å². The Morgan fingerprint density at radius 2 is 1.67 bits per heavy atom. The van der Waals surface area contributed by atoms with Crippen molar-refractivity contribution in [2.75, 3.05) is 39.3 Å². The second-order valence-corrected chi connectivity index (χ2v) is 6.29. The number of alkyl halides is 3. The van der Waals surface area contributed by atoms with Gasteiger partial charge >= 0.3 is 12.2 Å². The van der Waals surface area contributed by atoms with Crippen molar-refractivity contribution in [3.63, 3.8) is 0 Å². The van der Waals surface area contributed by atoms with Crippen molar-refractivity contribution in [1.82, 2.24) is 20.4 Å². The fraction of sp³-hybridized carbons (Fsp3) is 0.444. The van der Waals surface area contributed by atoms with Gasteiger partial charge in [-0.25, -0.2) is 4.79 Å². The zero-order valence-electron chi connectivity index (χ0n) is 14.9. The van der Waals surface area contributed by atoms with Gasteiger partial charge < -0.3 is 5.32 Å². The van der Waals surface area contributed by atoms with E-state index in [-0.39, 0.29) is 19.0 Å². The first-order valence-corrected chi connectivity index (χ1v) is 8.57. The van der Waals surface area contributed by atoms with E-state index in [0.29, 0.717) is 32.7 Å².